The second-order valence-corrected chi connectivity index (χ2v) is 9.48. The molecule has 162 valence electrons. The number of rotatable bonds is 6. The predicted molar refractivity (Wildman–Crippen MR) is 134 cm³/mol. The number of cyclic esters (lactones) is 1. The molecule has 1 aliphatic rings. The van der Waals surface area contributed by atoms with Gasteiger partial charge in [-0.1, -0.05) is 44.0 Å². The maximum atomic E-state index is 12.3. The van der Waals surface area contributed by atoms with Crippen LogP contribution in [-0.4, -0.2) is 19.0 Å². The van der Waals surface area contributed by atoms with E-state index < -0.39 is 5.97 Å². The highest BCUT2D eigenvalue weighted by molar-refractivity contribution is 9.11. The Hall–Kier alpha value is -2.42. The molecule has 0 N–H and O–H groups in total. The molecule has 3 aromatic rings. The summed E-state index contributed by atoms with van der Waals surface area (Å²) in [4.78, 5) is 16.7. The van der Waals surface area contributed by atoms with Crippen LogP contribution in [0.15, 0.2) is 84.8 Å². The zero-order chi connectivity index (χ0) is 22.7. The molecule has 0 saturated carbocycles. The molecule has 0 atom stereocenters. The summed E-state index contributed by atoms with van der Waals surface area (Å²) < 4.78 is 19.5. The average Bonchev–Trinajstić information content (AvgIpc) is 3.13. The van der Waals surface area contributed by atoms with Gasteiger partial charge in [0.05, 0.1) is 11.6 Å². The van der Waals surface area contributed by atoms with Crippen LogP contribution in [0.3, 0.4) is 0 Å². The second-order valence-electron chi connectivity index (χ2n) is 6.80. The van der Waals surface area contributed by atoms with Crippen molar-refractivity contribution >= 4 is 65.7 Å². The first kappa shape index (κ1) is 22.8. The predicted octanol–water partition coefficient (Wildman–Crippen LogP) is 6.91. The summed E-state index contributed by atoms with van der Waals surface area (Å²) in [7, 11) is 1.57. The van der Waals surface area contributed by atoms with Crippen molar-refractivity contribution in [3.05, 3.63) is 96.5 Å². The van der Waals surface area contributed by atoms with E-state index in [2.05, 4.69) is 52.8 Å². The monoisotopic (exact) mass is 619 g/mol. The Morgan fingerprint density at radius 1 is 1.00 bits per heavy atom. The zero-order valence-corrected chi connectivity index (χ0v) is 21.5. The fourth-order valence-corrected chi connectivity index (χ4v) is 4.31. The lowest BCUT2D eigenvalue weighted by atomic mass is 10.1. The lowest BCUT2D eigenvalue weighted by Crippen LogP contribution is -2.05. The third kappa shape index (κ3) is 5.31. The molecule has 0 aromatic heterocycles. The van der Waals surface area contributed by atoms with Gasteiger partial charge in [0, 0.05) is 14.5 Å². The number of carbonyl (C=O) groups excluding carboxylic acids is 1. The Bertz CT molecular complexity index is 1240. The number of hydrogen-bond acceptors (Lipinski definition) is 5. The van der Waals surface area contributed by atoms with Crippen molar-refractivity contribution in [3.63, 3.8) is 0 Å². The molecule has 0 amide bonds. The molecule has 0 spiro atoms. The number of methoxy groups -OCH3 is 1. The van der Waals surface area contributed by atoms with Crippen molar-refractivity contribution < 1.29 is 19.0 Å². The van der Waals surface area contributed by atoms with Gasteiger partial charge in [-0.15, -0.1) is 0 Å². The highest BCUT2D eigenvalue weighted by Gasteiger charge is 2.24. The minimum absolute atomic E-state index is 0.208. The van der Waals surface area contributed by atoms with Gasteiger partial charge >= 0.3 is 5.97 Å². The van der Waals surface area contributed by atoms with Crippen LogP contribution < -0.4 is 9.47 Å². The summed E-state index contributed by atoms with van der Waals surface area (Å²) in [6.45, 7) is 0.377. The molecular weight excluding hydrogens is 606 g/mol. The lowest BCUT2D eigenvalue weighted by Gasteiger charge is -2.14. The summed E-state index contributed by atoms with van der Waals surface area (Å²) in [6.07, 6.45) is 1.65. The molecule has 0 bridgehead atoms. The molecule has 5 nitrogen and oxygen atoms in total. The summed E-state index contributed by atoms with van der Waals surface area (Å²) in [5.74, 6) is 0.870. The van der Waals surface area contributed by atoms with Gasteiger partial charge < -0.3 is 14.2 Å². The maximum Gasteiger partial charge on any atom is 0.363 e. The van der Waals surface area contributed by atoms with Crippen molar-refractivity contribution in [2.75, 3.05) is 7.11 Å². The molecule has 0 radical (unpaired) electrons. The van der Waals surface area contributed by atoms with Crippen LogP contribution in [0, 0.1) is 0 Å². The Kier molecular flexibility index (Phi) is 7.13. The van der Waals surface area contributed by atoms with Crippen molar-refractivity contribution in [1.29, 1.82) is 0 Å². The Labute approximate surface area is 210 Å². The van der Waals surface area contributed by atoms with Crippen LogP contribution in [0.25, 0.3) is 6.08 Å². The third-order valence-electron chi connectivity index (χ3n) is 4.54. The second kappa shape index (κ2) is 10.0. The van der Waals surface area contributed by atoms with Crippen LogP contribution in [0.4, 0.5) is 0 Å². The average molecular weight is 622 g/mol. The number of benzene rings is 3. The van der Waals surface area contributed by atoms with Gasteiger partial charge in [0.15, 0.2) is 17.2 Å². The van der Waals surface area contributed by atoms with E-state index in [1.54, 1.807) is 19.3 Å². The highest BCUT2D eigenvalue weighted by atomic mass is 79.9. The topological polar surface area (TPSA) is 57.1 Å². The molecule has 1 heterocycles. The first-order chi connectivity index (χ1) is 15.4. The number of ether oxygens (including phenoxy) is 3. The standard InChI is InChI=1S/C24H16Br3NO4/c1-30-21-12-15(10-19(27)22(21)31-13-14-3-2-4-18(26)9-14)11-20-24(29)32-23(28-20)16-5-7-17(25)8-6-16/h2-12H,13H2,1H3/b20-11-. The summed E-state index contributed by atoms with van der Waals surface area (Å²) >= 11 is 10.4. The third-order valence-corrected chi connectivity index (χ3v) is 6.15. The maximum absolute atomic E-state index is 12.3. The molecule has 0 aliphatic carbocycles. The Morgan fingerprint density at radius 3 is 2.50 bits per heavy atom. The highest BCUT2D eigenvalue weighted by Crippen LogP contribution is 2.38. The first-order valence-corrected chi connectivity index (χ1v) is 11.8. The van der Waals surface area contributed by atoms with Crippen molar-refractivity contribution in [1.82, 2.24) is 0 Å². The molecule has 0 unspecified atom stereocenters. The summed E-state index contributed by atoms with van der Waals surface area (Å²) in [6, 6.07) is 18.9. The first-order valence-electron chi connectivity index (χ1n) is 9.46. The molecule has 32 heavy (non-hydrogen) atoms. The van der Waals surface area contributed by atoms with E-state index in [1.165, 1.54) is 0 Å². The van der Waals surface area contributed by atoms with Crippen molar-refractivity contribution in [2.24, 2.45) is 4.99 Å². The quantitative estimate of drug-likeness (QED) is 0.222. The smallest absolute Gasteiger partial charge is 0.363 e. The largest absolute Gasteiger partial charge is 0.493 e. The molecular formula is C24H16Br3NO4. The minimum atomic E-state index is -0.506. The van der Waals surface area contributed by atoms with E-state index in [9.17, 15) is 4.79 Å². The van der Waals surface area contributed by atoms with E-state index in [1.807, 2.05) is 54.6 Å². The van der Waals surface area contributed by atoms with E-state index in [0.717, 1.165) is 25.6 Å². The van der Waals surface area contributed by atoms with Crippen LogP contribution in [0.5, 0.6) is 11.5 Å². The normalized spacial score (nSPS) is 14.3. The number of aliphatic imine (C=N–C) groups is 1. The van der Waals surface area contributed by atoms with Gasteiger partial charge in [0.25, 0.3) is 0 Å². The van der Waals surface area contributed by atoms with Gasteiger partial charge in [-0.3, -0.25) is 0 Å². The zero-order valence-electron chi connectivity index (χ0n) is 16.8. The summed E-state index contributed by atoms with van der Waals surface area (Å²) in [5, 5.41) is 0. The molecule has 1 aliphatic heterocycles. The van der Waals surface area contributed by atoms with Crippen LogP contribution in [0.2, 0.25) is 0 Å². The fraction of sp³-hybridized carbons (Fsp3) is 0.0833. The van der Waals surface area contributed by atoms with Crippen LogP contribution in [-0.2, 0) is 16.1 Å². The van der Waals surface area contributed by atoms with Crippen LogP contribution >= 0.6 is 47.8 Å². The van der Waals surface area contributed by atoms with Crippen molar-refractivity contribution in [2.45, 2.75) is 6.61 Å². The molecule has 3 aromatic carbocycles. The van der Waals surface area contributed by atoms with Crippen molar-refractivity contribution in [3.8, 4) is 11.5 Å². The van der Waals surface area contributed by atoms with Gasteiger partial charge in [0.2, 0.25) is 5.90 Å². The Morgan fingerprint density at radius 2 is 1.78 bits per heavy atom. The van der Waals surface area contributed by atoms with E-state index in [-0.39, 0.29) is 11.6 Å². The lowest BCUT2D eigenvalue weighted by molar-refractivity contribution is -0.129. The van der Waals surface area contributed by atoms with E-state index >= 15 is 0 Å². The van der Waals surface area contributed by atoms with Gasteiger partial charge in [-0.2, -0.15) is 0 Å². The van der Waals surface area contributed by atoms with Crippen LogP contribution in [0.1, 0.15) is 16.7 Å². The number of halogens is 3. The number of esters is 1. The number of carbonyl (C=O) groups is 1. The minimum Gasteiger partial charge on any atom is -0.493 e. The number of hydrogen-bond donors (Lipinski definition) is 0. The number of nitrogens with zero attached hydrogens (tertiary/aromatic N) is 1. The van der Waals surface area contributed by atoms with Gasteiger partial charge in [-0.05, 0) is 81.7 Å². The summed E-state index contributed by atoms with van der Waals surface area (Å²) in [5.41, 5.74) is 2.67. The van der Waals surface area contributed by atoms with Gasteiger partial charge in [-0.25, -0.2) is 9.79 Å². The van der Waals surface area contributed by atoms with E-state index in [0.29, 0.717) is 22.6 Å². The SMILES string of the molecule is COc1cc(/C=C2\N=C(c3ccc(Br)cc3)OC2=O)cc(Br)c1OCc1cccc(Br)c1. The molecule has 8 heteroatoms. The molecule has 0 fully saturated rings. The Balaban J connectivity index is 1.59. The van der Waals surface area contributed by atoms with Gasteiger partial charge in [0.1, 0.15) is 6.61 Å². The fourth-order valence-electron chi connectivity index (χ4n) is 3.03. The molecule has 4 rings (SSSR count). The van der Waals surface area contributed by atoms with E-state index in [4.69, 9.17) is 14.2 Å². The molecule has 0 saturated heterocycles.